The Balaban J connectivity index is 4.35. The maximum atomic E-state index is 11.6. The summed E-state index contributed by atoms with van der Waals surface area (Å²) in [5, 5.41) is 9.09. The van der Waals surface area contributed by atoms with Crippen LogP contribution in [0.25, 0.3) is 0 Å². The Kier molecular flexibility index (Phi) is 6.66. The molecule has 1 atom stereocenters. The van der Waals surface area contributed by atoms with Crippen LogP contribution < -0.4 is 4.72 Å². The van der Waals surface area contributed by atoms with Crippen LogP contribution in [0, 0.1) is 0 Å². The molecular weight excluding hydrogens is 246 g/mol. The molecule has 0 rings (SSSR count). The molecule has 0 fully saturated rings. The van der Waals surface area contributed by atoms with Crippen LogP contribution in [0.1, 0.15) is 33.6 Å². The summed E-state index contributed by atoms with van der Waals surface area (Å²) in [7, 11) is -3.59. The van der Waals surface area contributed by atoms with Gasteiger partial charge in [0.2, 0.25) is 10.0 Å². The minimum atomic E-state index is -3.59. The number of esters is 1. The summed E-state index contributed by atoms with van der Waals surface area (Å²) in [5.41, 5.74) is -0.881. The van der Waals surface area contributed by atoms with E-state index in [0.29, 0.717) is 6.42 Å². The van der Waals surface area contributed by atoms with Crippen molar-refractivity contribution in [2.75, 3.05) is 19.0 Å². The van der Waals surface area contributed by atoms with Gasteiger partial charge in [0.15, 0.2) is 0 Å². The topological polar surface area (TPSA) is 92.7 Å². The zero-order valence-electron chi connectivity index (χ0n) is 10.5. The molecule has 0 aromatic heterocycles. The number of aliphatic hydroxyl groups excluding tert-OH is 1. The molecule has 0 saturated heterocycles. The molecule has 0 saturated carbocycles. The van der Waals surface area contributed by atoms with Gasteiger partial charge in [-0.3, -0.25) is 4.79 Å². The van der Waals surface area contributed by atoms with Crippen molar-refractivity contribution in [3.05, 3.63) is 0 Å². The number of aliphatic hydroxyl groups is 1. The predicted octanol–water partition coefficient (Wildman–Crippen LogP) is 0.0200. The molecular formula is C10H21NO5S. The number of rotatable bonds is 8. The molecule has 7 heteroatoms. The first-order chi connectivity index (χ1) is 7.78. The highest BCUT2D eigenvalue weighted by Crippen LogP contribution is 2.10. The third kappa shape index (κ3) is 6.60. The zero-order chi connectivity index (χ0) is 13.5. The molecule has 0 aliphatic carbocycles. The van der Waals surface area contributed by atoms with E-state index in [-0.39, 0.29) is 25.4 Å². The molecule has 0 aliphatic rings. The molecule has 6 nitrogen and oxygen atoms in total. The summed E-state index contributed by atoms with van der Waals surface area (Å²) < 4.78 is 30.3. The Morgan fingerprint density at radius 2 is 2.00 bits per heavy atom. The predicted molar refractivity (Wildman–Crippen MR) is 64.0 cm³/mol. The van der Waals surface area contributed by atoms with E-state index in [1.807, 2.05) is 0 Å². The zero-order valence-corrected chi connectivity index (χ0v) is 11.3. The van der Waals surface area contributed by atoms with Crippen molar-refractivity contribution >= 4 is 16.0 Å². The summed E-state index contributed by atoms with van der Waals surface area (Å²) in [6.07, 6.45) is 0.274. The number of nitrogens with one attached hydrogen (secondary N) is 1. The van der Waals surface area contributed by atoms with E-state index >= 15 is 0 Å². The van der Waals surface area contributed by atoms with Crippen molar-refractivity contribution in [2.45, 2.75) is 39.2 Å². The van der Waals surface area contributed by atoms with E-state index in [4.69, 9.17) is 5.11 Å². The fraction of sp³-hybridized carbons (Fsp3) is 0.900. The van der Waals surface area contributed by atoms with Gasteiger partial charge in [0, 0.05) is 0 Å². The van der Waals surface area contributed by atoms with Crippen molar-refractivity contribution in [3.63, 3.8) is 0 Å². The van der Waals surface area contributed by atoms with E-state index < -0.39 is 21.5 Å². The van der Waals surface area contributed by atoms with Crippen molar-refractivity contribution in [3.8, 4) is 0 Å². The van der Waals surface area contributed by atoms with Gasteiger partial charge in [0.1, 0.15) is 0 Å². The van der Waals surface area contributed by atoms with Gasteiger partial charge in [-0.15, -0.1) is 0 Å². The van der Waals surface area contributed by atoms with Crippen LogP contribution in [0.3, 0.4) is 0 Å². The summed E-state index contributed by atoms with van der Waals surface area (Å²) in [5.74, 6) is -0.874. The molecule has 0 radical (unpaired) electrons. The Bertz CT molecular complexity index is 335. The fourth-order valence-electron chi connectivity index (χ4n) is 1.09. The number of ether oxygens (including phenoxy) is 1. The lowest BCUT2D eigenvalue weighted by Crippen LogP contribution is -2.49. The highest BCUT2D eigenvalue weighted by Gasteiger charge is 2.27. The van der Waals surface area contributed by atoms with E-state index in [0.717, 1.165) is 0 Å². The van der Waals surface area contributed by atoms with Crippen molar-refractivity contribution in [1.29, 1.82) is 0 Å². The number of carbonyl (C=O) groups is 1. The molecule has 102 valence electrons. The molecule has 2 N–H and O–H groups in total. The first-order valence-electron chi connectivity index (χ1n) is 5.56. The van der Waals surface area contributed by atoms with Crippen LogP contribution in [-0.4, -0.2) is 44.0 Å². The SMILES string of the molecule is CCOC(=O)CCS(=O)(=O)NC(C)(CC)CO. The van der Waals surface area contributed by atoms with Gasteiger partial charge in [0.25, 0.3) is 0 Å². The average Bonchev–Trinajstić information content (AvgIpc) is 2.26. The van der Waals surface area contributed by atoms with Crippen molar-refractivity contribution in [1.82, 2.24) is 4.72 Å². The van der Waals surface area contributed by atoms with Crippen LogP contribution >= 0.6 is 0 Å². The van der Waals surface area contributed by atoms with Gasteiger partial charge in [0.05, 0.1) is 30.9 Å². The Labute approximate surface area is 102 Å². The molecule has 1 unspecified atom stereocenters. The molecule has 0 heterocycles. The standard InChI is InChI=1S/C10H21NO5S/c1-4-10(3,8-12)11-17(14,15)7-6-9(13)16-5-2/h11-12H,4-8H2,1-3H3. The van der Waals surface area contributed by atoms with Crippen LogP contribution in [-0.2, 0) is 19.6 Å². The number of hydrogen-bond acceptors (Lipinski definition) is 5. The Morgan fingerprint density at radius 3 is 2.41 bits per heavy atom. The second kappa shape index (κ2) is 6.93. The van der Waals surface area contributed by atoms with Gasteiger partial charge in [-0.2, -0.15) is 0 Å². The van der Waals surface area contributed by atoms with E-state index in [9.17, 15) is 13.2 Å². The lowest BCUT2D eigenvalue weighted by molar-refractivity contribution is -0.142. The number of sulfonamides is 1. The summed E-state index contributed by atoms with van der Waals surface area (Å²) in [4.78, 5) is 11.0. The van der Waals surface area contributed by atoms with E-state index in [1.165, 1.54) is 0 Å². The second-order valence-electron chi connectivity index (χ2n) is 4.05. The number of carbonyl (C=O) groups excluding carboxylic acids is 1. The first-order valence-corrected chi connectivity index (χ1v) is 7.22. The van der Waals surface area contributed by atoms with Gasteiger partial charge in [-0.1, -0.05) is 6.92 Å². The molecule has 17 heavy (non-hydrogen) atoms. The molecule has 0 bridgehead atoms. The summed E-state index contributed by atoms with van der Waals surface area (Å²) in [6, 6.07) is 0. The van der Waals surface area contributed by atoms with Gasteiger partial charge in [-0.05, 0) is 20.3 Å². The third-order valence-electron chi connectivity index (χ3n) is 2.41. The monoisotopic (exact) mass is 267 g/mol. The highest BCUT2D eigenvalue weighted by molar-refractivity contribution is 7.89. The van der Waals surface area contributed by atoms with Crippen molar-refractivity contribution < 1.29 is 23.1 Å². The van der Waals surface area contributed by atoms with Crippen LogP contribution in [0.15, 0.2) is 0 Å². The van der Waals surface area contributed by atoms with Crippen LogP contribution in [0.5, 0.6) is 0 Å². The van der Waals surface area contributed by atoms with Crippen LogP contribution in [0.2, 0.25) is 0 Å². The average molecular weight is 267 g/mol. The molecule has 0 spiro atoms. The van der Waals surface area contributed by atoms with Crippen LogP contribution in [0.4, 0.5) is 0 Å². The second-order valence-corrected chi connectivity index (χ2v) is 5.89. The smallest absolute Gasteiger partial charge is 0.306 e. The molecule has 0 amide bonds. The molecule has 0 aromatic carbocycles. The maximum absolute atomic E-state index is 11.6. The van der Waals surface area contributed by atoms with Gasteiger partial charge >= 0.3 is 5.97 Å². The lowest BCUT2D eigenvalue weighted by atomic mass is 10.0. The summed E-state index contributed by atoms with van der Waals surface area (Å²) in [6.45, 7) is 4.97. The minimum absolute atomic E-state index is 0.186. The lowest BCUT2D eigenvalue weighted by Gasteiger charge is -2.26. The number of hydrogen-bond donors (Lipinski definition) is 2. The van der Waals surface area contributed by atoms with E-state index in [2.05, 4.69) is 9.46 Å². The normalized spacial score (nSPS) is 15.3. The first kappa shape index (κ1) is 16.3. The highest BCUT2D eigenvalue weighted by atomic mass is 32.2. The van der Waals surface area contributed by atoms with Gasteiger partial charge < -0.3 is 9.84 Å². The van der Waals surface area contributed by atoms with Gasteiger partial charge in [-0.25, -0.2) is 13.1 Å². The summed E-state index contributed by atoms with van der Waals surface area (Å²) >= 11 is 0. The Morgan fingerprint density at radius 1 is 1.41 bits per heavy atom. The third-order valence-corrected chi connectivity index (χ3v) is 3.96. The Hall–Kier alpha value is -0.660. The molecule has 0 aromatic rings. The van der Waals surface area contributed by atoms with Crippen molar-refractivity contribution in [2.24, 2.45) is 0 Å². The largest absolute Gasteiger partial charge is 0.466 e. The van der Waals surface area contributed by atoms with E-state index in [1.54, 1.807) is 20.8 Å². The minimum Gasteiger partial charge on any atom is -0.466 e. The maximum Gasteiger partial charge on any atom is 0.306 e. The molecule has 0 aliphatic heterocycles. The fourth-order valence-corrected chi connectivity index (χ4v) is 2.59. The quantitative estimate of drug-likeness (QED) is 0.605.